The van der Waals surface area contributed by atoms with E-state index in [0.717, 1.165) is 22.0 Å². The van der Waals surface area contributed by atoms with Gasteiger partial charge in [0, 0.05) is 5.69 Å². The Hall–Kier alpha value is -2.39. The van der Waals surface area contributed by atoms with Crippen LogP contribution in [0.1, 0.15) is 53.3 Å². The molecule has 1 aromatic heterocycles. The first-order chi connectivity index (χ1) is 12.8. The lowest BCUT2D eigenvalue weighted by Crippen LogP contribution is -2.09. The molecule has 0 unspecified atom stereocenters. The highest BCUT2D eigenvalue weighted by Crippen LogP contribution is 2.34. The van der Waals surface area contributed by atoms with Gasteiger partial charge in [-0.15, -0.1) is 11.3 Å². The number of nitrogens with one attached hydrogen (secondary N) is 1. The minimum absolute atomic E-state index is 0.0497. The smallest absolute Gasteiger partial charge is 0.265 e. The predicted octanol–water partition coefficient (Wildman–Crippen LogP) is 6.72. The van der Waals surface area contributed by atoms with Crippen molar-refractivity contribution in [2.45, 2.75) is 38.0 Å². The van der Waals surface area contributed by atoms with E-state index in [4.69, 9.17) is 0 Å². The molecule has 0 bridgehead atoms. The fourth-order valence-electron chi connectivity index (χ4n) is 3.70. The number of anilines is 1. The first kappa shape index (κ1) is 17.0. The molecular formula is C23H23NOS. The summed E-state index contributed by atoms with van der Waals surface area (Å²) in [5.74, 6) is 0.679. The SMILES string of the molecule is O=C(Nc1ccccc1)c1cc(-c2ccc(C3CCCCC3)cc2)cs1. The molecule has 1 aliphatic rings. The molecule has 2 aromatic carbocycles. The zero-order chi connectivity index (χ0) is 17.8. The molecule has 132 valence electrons. The second kappa shape index (κ2) is 7.88. The average Bonchev–Trinajstić information content (AvgIpc) is 3.20. The largest absolute Gasteiger partial charge is 0.321 e. The van der Waals surface area contributed by atoms with Crippen LogP contribution < -0.4 is 5.32 Å². The Kier molecular flexibility index (Phi) is 5.16. The maximum absolute atomic E-state index is 12.4. The van der Waals surface area contributed by atoms with Crippen LogP contribution in [-0.4, -0.2) is 5.91 Å². The highest BCUT2D eigenvalue weighted by molar-refractivity contribution is 7.12. The van der Waals surface area contributed by atoms with Gasteiger partial charge in [0.15, 0.2) is 0 Å². The topological polar surface area (TPSA) is 29.1 Å². The molecule has 0 saturated heterocycles. The van der Waals surface area contributed by atoms with Gasteiger partial charge in [-0.3, -0.25) is 4.79 Å². The van der Waals surface area contributed by atoms with Gasteiger partial charge in [0.25, 0.3) is 5.91 Å². The molecule has 1 heterocycles. The second-order valence-electron chi connectivity index (χ2n) is 6.98. The van der Waals surface area contributed by atoms with E-state index in [0.29, 0.717) is 0 Å². The van der Waals surface area contributed by atoms with Crippen molar-refractivity contribution in [1.29, 1.82) is 0 Å². The fourth-order valence-corrected chi connectivity index (χ4v) is 4.52. The van der Waals surface area contributed by atoms with Gasteiger partial charge in [-0.2, -0.15) is 0 Å². The lowest BCUT2D eigenvalue weighted by molar-refractivity contribution is 0.103. The monoisotopic (exact) mass is 361 g/mol. The van der Waals surface area contributed by atoms with E-state index in [9.17, 15) is 4.79 Å². The average molecular weight is 362 g/mol. The molecule has 1 fully saturated rings. The highest BCUT2D eigenvalue weighted by atomic mass is 32.1. The summed E-state index contributed by atoms with van der Waals surface area (Å²) in [4.78, 5) is 13.2. The number of rotatable bonds is 4. The van der Waals surface area contributed by atoms with Crippen molar-refractivity contribution in [3.05, 3.63) is 76.5 Å². The molecule has 3 aromatic rings. The maximum Gasteiger partial charge on any atom is 0.265 e. The lowest BCUT2D eigenvalue weighted by Gasteiger charge is -2.22. The van der Waals surface area contributed by atoms with Gasteiger partial charge in [-0.1, -0.05) is 61.7 Å². The minimum atomic E-state index is -0.0497. The number of hydrogen-bond acceptors (Lipinski definition) is 2. The Morgan fingerprint density at radius 2 is 1.62 bits per heavy atom. The second-order valence-corrected chi connectivity index (χ2v) is 7.89. The molecule has 1 saturated carbocycles. The number of carbonyl (C=O) groups is 1. The van der Waals surface area contributed by atoms with Crippen molar-refractivity contribution < 1.29 is 4.79 Å². The molecular weight excluding hydrogens is 338 g/mol. The van der Waals surface area contributed by atoms with Crippen molar-refractivity contribution in [2.24, 2.45) is 0 Å². The standard InChI is InChI=1S/C23H23NOS/c25-23(24-21-9-5-2-6-10-21)22-15-20(16-26-22)19-13-11-18(12-14-19)17-7-3-1-4-8-17/h2,5-6,9-17H,1,3-4,7-8H2,(H,24,25). The van der Waals surface area contributed by atoms with Crippen molar-refractivity contribution in [3.63, 3.8) is 0 Å². The molecule has 0 atom stereocenters. The van der Waals surface area contributed by atoms with Crippen molar-refractivity contribution in [3.8, 4) is 11.1 Å². The van der Waals surface area contributed by atoms with E-state index >= 15 is 0 Å². The molecule has 1 N–H and O–H groups in total. The normalized spacial score (nSPS) is 14.9. The van der Waals surface area contributed by atoms with Crippen LogP contribution in [0.25, 0.3) is 11.1 Å². The first-order valence-electron chi connectivity index (χ1n) is 9.35. The van der Waals surface area contributed by atoms with E-state index in [-0.39, 0.29) is 5.91 Å². The molecule has 4 rings (SSSR count). The summed E-state index contributed by atoms with van der Waals surface area (Å²) in [5.41, 5.74) is 4.58. The Labute approximate surface area is 158 Å². The molecule has 0 aliphatic heterocycles. The summed E-state index contributed by atoms with van der Waals surface area (Å²) in [6.07, 6.45) is 6.74. The van der Waals surface area contributed by atoms with Crippen molar-refractivity contribution in [1.82, 2.24) is 0 Å². The Balaban J connectivity index is 1.46. The predicted molar refractivity (Wildman–Crippen MR) is 110 cm³/mol. The van der Waals surface area contributed by atoms with Crippen LogP contribution in [0.4, 0.5) is 5.69 Å². The number of hydrogen-bond donors (Lipinski definition) is 1. The third-order valence-corrected chi connectivity index (χ3v) is 6.10. The lowest BCUT2D eigenvalue weighted by atomic mass is 9.84. The van der Waals surface area contributed by atoms with E-state index < -0.39 is 0 Å². The molecule has 2 nitrogen and oxygen atoms in total. The van der Waals surface area contributed by atoms with Crippen LogP contribution >= 0.6 is 11.3 Å². The van der Waals surface area contributed by atoms with Gasteiger partial charge in [-0.05, 0) is 59.0 Å². The fraction of sp³-hybridized carbons (Fsp3) is 0.261. The van der Waals surface area contributed by atoms with Crippen molar-refractivity contribution in [2.75, 3.05) is 5.32 Å². The minimum Gasteiger partial charge on any atom is -0.321 e. The Bertz CT molecular complexity index is 861. The van der Waals surface area contributed by atoms with Crippen LogP contribution in [0.3, 0.4) is 0 Å². The molecule has 26 heavy (non-hydrogen) atoms. The van der Waals surface area contributed by atoms with Crippen LogP contribution in [0.5, 0.6) is 0 Å². The van der Waals surface area contributed by atoms with Gasteiger partial charge in [0.2, 0.25) is 0 Å². The van der Waals surface area contributed by atoms with Crippen molar-refractivity contribution >= 4 is 22.9 Å². The number of carbonyl (C=O) groups excluding carboxylic acids is 1. The van der Waals surface area contributed by atoms with Gasteiger partial charge in [0.1, 0.15) is 0 Å². The summed E-state index contributed by atoms with van der Waals surface area (Å²) >= 11 is 1.49. The van der Waals surface area contributed by atoms with Crippen LogP contribution in [0.2, 0.25) is 0 Å². The van der Waals surface area contributed by atoms with Crippen LogP contribution in [-0.2, 0) is 0 Å². The summed E-state index contributed by atoms with van der Waals surface area (Å²) in [5, 5.41) is 5.01. The molecule has 0 radical (unpaired) electrons. The highest BCUT2D eigenvalue weighted by Gasteiger charge is 2.16. The van der Waals surface area contributed by atoms with E-state index in [1.165, 1.54) is 54.6 Å². The molecule has 1 amide bonds. The number of para-hydroxylation sites is 1. The zero-order valence-electron chi connectivity index (χ0n) is 14.8. The van der Waals surface area contributed by atoms with Gasteiger partial charge >= 0.3 is 0 Å². The summed E-state index contributed by atoms with van der Waals surface area (Å²) in [6.45, 7) is 0. The number of amides is 1. The van der Waals surface area contributed by atoms with E-state index in [1.54, 1.807) is 0 Å². The van der Waals surface area contributed by atoms with Gasteiger partial charge < -0.3 is 5.32 Å². The van der Waals surface area contributed by atoms with E-state index in [1.807, 2.05) is 36.4 Å². The summed E-state index contributed by atoms with van der Waals surface area (Å²) in [6, 6.07) is 20.5. The maximum atomic E-state index is 12.4. The molecule has 0 spiro atoms. The van der Waals surface area contributed by atoms with Crippen LogP contribution in [0, 0.1) is 0 Å². The Morgan fingerprint density at radius 3 is 2.35 bits per heavy atom. The molecule has 3 heteroatoms. The molecule has 1 aliphatic carbocycles. The summed E-state index contributed by atoms with van der Waals surface area (Å²) in [7, 11) is 0. The number of thiophene rings is 1. The van der Waals surface area contributed by atoms with Crippen LogP contribution in [0.15, 0.2) is 66.0 Å². The zero-order valence-corrected chi connectivity index (χ0v) is 15.6. The quantitative estimate of drug-likeness (QED) is 0.549. The van der Waals surface area contributed by atoms with Gasteiger partial charge in [0.05, 0.1) is 4.88 Å². The third kappa shape index (κ3) is 3.88. The van der Waals surface area contributed by atoms with E-state index in [2.05, 4.69) is 35.0 Å². The first-order valence-corrected chi connectivity index (χ1v) is 10.2. The third-order valence-electron chi connectivity index (χ3n) is 5.18. The Morgan fingerprint density at radius 1 is 0.885 bits per heavy atom. The summed E-state index contributed by atoms with van der Waals surface area (Å²) < 4.78 is 0. The van der Waals surface area contributed by atoms with Gasteiger partial charge in [-0.25, -0.2) is 0 Å². The number of benzene rings is 2.